The molecule has 0 saturated heterocycles. The van der Waals surface area contributed by atoms with Gasteiger partial charge in [-0.1, -0.05) is 67.9 Å². The number of hydrogen-bond donors (Lipinski definition) is 1. The van der Waals surface area contributed by atoms with Gasteiger partial charge in [-0.2, -0.15) is 0 Å². The molecule has 0 saturated carbocycles. The van der Waals surface area contributed by atoms with Crippen LogP contribution in [0.4, 0.5) is 0 Å². The molecule has 3 nitrogen and oxygen atoms in total. The molecule has 0 aromatic heterocycles. The smallest absolute Gasteiger partial charge is 0.166 e. The SMILES string of the molecule is CC[C@H](C(=O)c1cccc(C)c1)[C@@H](c1cccc(C)c1C)[C@@H](CC)C(=O)c1cccc(O)c1. The molecule has 0 amide bonds. The summed E-state index contributed by atoms with van der Waals surface area (Å²) >= 11 is 0. The van der Waals surface area contributed by atoms with Crippen LogP contribution in [-0.4, -0.2) is 16.7 Å². The van der Waals surface area contributed by atoms with Crippen molar-refractivity contribution < 1.29 is 14.7 Å². The lowest BCUT2D eigenvalue weighted by Crippen LogP contribution is -2.32. The maximum Gasteiger partial charge on any atom is 0.166 e. The zero-order valence-electron chi connectivity index (χ0n) is 20.3. The Balaban J connectivity index is 2.16. The molecular weight excluding hydrogens is 408 g/mol. The minimum atomic E-state index is -0.383. The average Bonchev–Trinajstić information content (AvgIpc) is 2.80. The van der Waals surface area contributed by atoms with Crippen LogP contribution in [0.25, 0.3) is 0 Å². The zero-order chi connectivity index (χ0) is 24.1. The number of hydrogen-bond acceptors (Lipinski definition) is 3. The first kappa shape index (κ1) is 24.4. The van der Waals surface area contributed by atoms with Gasteiger partial charge in [-0.15, -0.1) is 0 Å². The molecule has 3 rings (SSSR count). The van der Waals surface area contributed by atoms with E-state index in [4.69, 9.17) is 0 Å². The van der Waals surface area contributed by atoms with Crippen molar-refractivity contribution in [3.05, 3.63) is 100 Å². The van der Waals surface area contributed by atoms with E-state index in [1.807, 2.05) is 51.1 Å². The second-order valence-corrected chi connectivity index (χ2v) is 8.99. The van der Waals surface area contributed by atoms with Gasteiger partial charge in [-0.3, -0.25) is 9.59 Å². The van der Waals surface area contributed by atoms with Crippen LogP contribution in [0.15, 0.2) is 66.7 Å². The largest absolute Gasteiger partial charge is 0.508 e. The zero-order valence-corrected chi connectivity index (χ0v) is 20.3. The van der Waals surface area contributed by atoms with E-state index in [0.29, 0.717) is 24.0 Å². The lowest BCUT2D eigenvalue weighted by atomic mass is 9.68. The molecule has 0 aliphatic heterocycles. The number of aryl methyl sites for hydroxylation is 2. The number of carbonyl (C=O) groups excluding carboxylic acids is 2. The number of rotatable bonds is 9. The summed E-state index contributed by atoms with van der Waals surface area (Å²) in [6.07, 6.45) is 1.23. The first-order valence-electron chi connectivity index (χ1n) is 11.8. The van der Waals surface area contributed by atoms with Crippen LogP contribution in [0.5, 0.6) is 5.75 Å². The van der Waals surface area contributed by atoms with Crippen molar-refractivity contribution in [1.82, 2.24) is 0 Å². The highest BCUT2D eigenvalue weighted by Gasteiger charge is 2.38. The summed E-state index contributed by atoms with van der Waals surface area (Å²) in [6.45, 7) is 10.2. The summed E-state index contributed by atoms with van der Waals surface area (Å²) in [5.41, 5.74) is 5.55. The summed E-state index contributed by atoms with van der Waals surface area (Å²) in [5.74, 6) is -0.863. The Morgan fingerprint density at radius 2 is 1.30 bits per heavy atom. The van der Waals surface area contributed by atoms with Crippen LogP contribution in [-0.2, 0) is 0 Å². The molecule has 0 aliphatic carbocycles. The fraction of sp³-hybridized carbons (Fsp3) is 0.333. The van der Waals surface area contributed by atoms with E-state index in [0.717, 1.165) is 22.3 Å². The van der Waals surface area contributed by atoms with Crippen LogP contribution in [0.1, 0.15) is 75.6 Å². The van der Waals surface area contributed by atoms with E-state index in [-0.39, 0.29) is 35.1 Å². The number of carbonyl (C=O) groups is 2. The molecule has 0 spiro atoms. The predicted octanol–water partition coefficient (Wildman–Crippen LogP) is 7.22. The summed E-state index contributed by atoms with van der Waals surface area (Å²) in [5, 5.41) is 9.96. The molecule has 0 bridgehead atoms. The van der Waals surface area contributed by atoms with Crippen molar-refractivity contribution in [3.63, 3.8) is 0 Å². The quantitative estimate of drug-likeness (QED) is 0.356. The Morgan fingerprint density at radius 1 is 0.758 bits per heavy atom. The Morgan fingerprint density at radius 3 is 1.85 bits per heavy atom. The minimum Gasteiger partial charge on any atom is -0.508 e. The molecule has 0 fully saturated rings. The monoisotopic (exact) mass is 442 g/mol. The van der Waals surface area contributed by atoms with Crippen LogP contribution >= 0.6 is 0 Å². The molecule has 0 aliphatic rings. The highest BCUT2D eigenvalue weighted by atomic mass is 16.3. The van der Waals surface area contributed by atoms with Crippen molar-refractivity contribution in [1.29, 1.82) is 0 Å². The Hall–Kier alpha value is -3.20. The number of phenolic OH excluding ortho intramolecular Hbond substituents is 1. The number of phenols is 1. The van der Waals surface area contributed by atoms with Crippen molar-refractivity contribution in [2.45, 2.75) is 53.4 Å². The number of benzene rings is 3. The fourth-order valence-electron chi connectivity index (χ4n) is 4.94. The van der Waals surface area contributed by atoms with Crippen LogP contribution < -0.4 is 0 Å². The van der Waals surface area contributed by atoms with Gasteiger partial charge in [0.2, 0.25) is 0 Å². The Kier molecular flexibility index (Phi) is 7.86. The van der Waals surface area contributed by atoms with Crippen LogP contribution in [0, 0.1) is 32.6 Å². The lowest BCUT2D eigenvalue weighted by Gasteiger charge is -2.33. The third-order valence-electron chi connectivity index (χ3n) is 6.86. The maximum absolute atomic E-state index is 13.8. The fourth-order valence-corrected chi connectivity index (χ4v) is 4.94. The first-order valence-corrected chi connectivity index (χ1v) is 11.8. The second kappa shape index (κ2) is 10.6. The van der Waals surface area contributed by atoms with Gasteiger partial charge in [-0.25, -0.2) is 0 Å². The molecule has 3 atom stereocenters. The first-order chi connectivity index (χ1) is 15.8. The summed E-state index contributed by atoms with van der Waals surface area (Å²) in [6, 6.07) is 20.4. The predicted molar refractivity (Wildman–Crippen MR) is 134 cm³/mol. The van der Waals surface area contributed by atoms with Gasteiger partial charge < -0.3 is 5.11 Å². The minimum absolute atomic E-state index is 0.0326. The van der Waals surface area contributed by atoms with Crippen molar-refractivity contribution in [3.8, 4) is 5.75 Å². The van der Waals surface area contributed by atoms with E-state index in [1.165, 1.54) is 6.07 Å². The van der Waals surface area contributed by atoms with Crippen LogP contribution in [0.3, 0.4) is 0 Å². The standard InChI is InChI=1S/C30H34O3/c1-6-25(29(32)22-13-8-11-19(3)17-22)28(27-16-9-12-20(4)21(27)5)26(7-2)30(33)23-14-10-15-24(31)18-23/h8-18,25-26,28,31H,6-7H2,1-5H3/t25-,26+,28+/m0/s1. The van der Waals surface area contributed by atoms with Crippen molar-refractivity contribution in [2.24, 2.45) is 11.8 Å². The highest BCUT2D eigenvalue weighted by molar-refractivity contribution is 6.01. The molecule has 3 heteroatoms. The summed E-state index contributed by atoms with van der Waals surface area (Å²) in [7, 11) is 0. The highest BCUT2D eigenvalue weighted by Crippen LogP contribution is 2.41. The number of Topliss-reactive ketones (excluding diaryl/α,β-unsaturated/α-hetero) is 2. The van der Waals surface area contributed by atoms with E-state index >= 15 is 0 Å². The van der Waals surface area contributed by atoms with E-state index in [2.05, 4.69) is 26.0 Å². The molecule has 0 heterocycles. The molecule has 0 radical (unpaired) electrons. The van der Waals surface area contributed by atoms with Crippen LogP contribution in [0.2, 0.25) is 0 Å². The third-order valence-corrected chi connectivity index (χ3v) is 6.86. The molecule has 3 aromatic rings. The number of aromatic hydroxyl groups is 1. The second-order valence-electron chi connectivity index (χ2n) is 8.99. The van der Waals surface area contributed by atoms with Gasteiger partial charge in [0.1, 0.15) is 5.75 Å². The molecule has 33 heavy (non-hydrogen) atoms. The molecule has 172 valence electrons. The van der Waals surface area contributed by atoms with E-state index in [1.54, 1.807) is 18.2 Å². The topological polar surface area (TPSA) is 54.4 Å². The lowest BCUT2D eigenvalue weighted by molar-refractivity contribution is 0.0805. The van der Waals surface area contributed by atoms with Crippen molar-refractivity contribution in [2.75, 3.05) is 0 Å². The normalized spacial score (nSPS) is 13.8. The Labute approximate surface area is 197 Å². The molecule has 0 unspecified atom stereocenters. The van der Waals surface area contributed by atoms with E-state index in [9.17, 15) is 14.7 Å². The van der Waals surface area contributed by atoms with Gasteiger partial charge in [-0.05, 0) is 68.5 Å². The molecule has 1 N–H and O–H groups in total. The summed E-state index contributed by atoms with van der Waals surface area (Å²) < 4.78 is 0. The third kappa shape index (κ3) is 5.24. The van der Waals surface area contributed by atoms with Crippen molar-refractivity contribution >= 4 is 11.6 Å². The maximum atomic E-state index is 13.8. The van der Waals surface area contributed by atoms with Gasteiger partial charge in [0.05, 0.1) is 0 Å². The molecular formula is C30H34O3. The van der Waals surface area contributed by atoms with Gasteiger partial charge in [0.25, 0.3) is 0 Å². The van der Waals surface area contributed by atoms with Gasteiger partial charge >= 0.3 is 0 Å². The number of ketones is 2. The van der Waals surface area contributed by atoms with Gasteiger partial charge in [0, 0.05) is 28.9 Å². The Bertz CT molecular complexity index is 1080. The average molecular weight is 443 g/mol. The van der Waals surface area contributed by atoms with Gasteiger partial charge in [0.15, 0.2) is 11.6 Å². The molecule has 3 aromatic carbocycles. The summed E-state index contributed by atoms with van der Waals surface area (Å²) in [4.78, 5) is 27.6. The van der Waals surface area contributed by atoms with E-state index < -0.39 is 0 Å².